The second-order valence-corrected chi connectivity index (χ2v) is 5.05. The molecule has 0 aromatic rings. The maximum Gasteiger partial charge on any atom is 0.0658 e. The van der Waals surface area contributed by atoms with Gasteiger partial charge in [-0.05, 0) is 12.3 Å². The summed E-state index contributed by atoms with van der Waals surface area (Å²) >= 11 is 0. The van der Waals surface area contributed by atoms with E-state index in [4.69, 9.17) is 15.2 Å². The molecule has 0 spiro atoms. The highest BCUT2D eigenvalue weighted by atomic mass is 16.5. The zero-order valence-electron chi connectivity index (χ0n) is 12.2. The van der Waals surface area contributed by atoms with Crippen LogP contribution in [0.15, 0.2) is 0 Å². The van der Waals surface area contributed by atoms with Crippen LogP contribution in [0.25, 0.3) is 0 Å². The molecular weight excluding hydrogens is 216 g/mol. The van der Waals surface area contributed by atoms with Crippen molar-refractivity contribution in [3.8, 4) is 0 Å². The van der Waals surface area contributed by atoms with Crippen LogP contribution in [0, 0.1) is 5.92 Å². The maximum atomic E-state index is 5.99. The van der Waals surface area contributed by atoms with Crippen LogP contribution in [0.2, 0.25) is 0 Å². The monoisotopic (exact) mass is 246 g/mol. The van der Waals surface area contributed by atoms with Crippen molar-refractivity contribution in [2.24, 2.45) is 11.7 Å². The Morgan fingerprint density at radius 3 is 2.24 bits per heavy atom. The van der Waals surface area contributed by atoms with Crippen LogP contribution < -0.4 is 5.73 Å². The molecule has 17 heavy (non-hydrogen) atoms. The molecule has 104 valence electrons. The van der Waals surface area contributed by atoms with Gasteiger partial charge in [-0.2, -0.15) is 0 Å². The van der Waals surface area contributed by atoms with Gasteiger partial charge < -0.3 is 15.2 Å². The van der Waals surface area contributed by atoms with Gasteiger partial charge in [0.05, 0.1) is 18.8 Å². The third-order valence-electron chi connectivity index (χ3n) is 3.27. The average molecular weight is 246 g/mol. The van der Waals surface area contributed by atoms with Gasteiger partial charge in [0.1, 0.15) is 0 Å². The van der Waals surface area contributed by atoms with Gasteiger partial charge in [-0.3, -0.25) is 4.90 Å². The first kappa shape index (κ1) is 16.8. The van der Waals surface area contributed by atoms with E-state index in [0.717, 1.165) is 26.1 Å². The third-order valence-corrected chi connectivity index (χ3v) is 3.27. The number of hydrogen-bond donors (Lipinski definition) is 1. The summed E-state index contributed by atoms with van der Waals surface area (Å²) in [7, 11) is 3.48. The molecule has 0 fully saturated rings. The predicted octanol–water partition coefficient (Wildman–Crippen LogP) is 1.34. The van der Waals surface area contributed by atoms with E-state index in [1.807, 2.05) is 0 Å². The fraction of sp³-hybridized carbons (Fsp3) is 1.00. The summed E-state index contributed by atoms with van der Waals surface area (Å²) in [5, 5.41) is 0. The smallest absolute Gasteiger partial charge is 0.0658 e. The Labute approximate surface area is 106 Å². The Hall–Kier alpha value is -0.160. The van der Waals surface area contributed by atoms with E-state index in [1.54, 1.807) is 14.2 Å². The average Bonchev–Trinajstić information content (AvgIpc) is 2.31. The van der Waals surface area contributed by atoms with Gasteiger partial charge in [0.25, 0.3) is 0 Å². The molecule has 0 saturated heterocycles. The van der Waals surface area contributed by atoms with E-state index >= 15 is 0 Å². The molecule has 0 radical (unpaired) electrons. The molecule has 0 aliphatic rings. The Kier molecular flexibility index (Phi) is 8.78. The maximum absolute atomic E-state index is 5.99. The van der Waals surface area contributed by atoms with Crippen molar-refractivity contribution in [1.82, 2.24) is 4.90 Å². The van der Waals surface area contributed by atoms with Crippen LogP contribution >= 0.6 is 0 Å². The van der Waals surface area contributed by atoms with Crippen molar-refractivity contribution in [2.45, 2.75) is 32.7 Å². The second-order valence-electron chi connectivity index (χ2n) is 5.05. The molecule has 4 heteroatoms. The Morgan fingerprint density at radius 2 is 1.88 bits per heavy atom. The molecule has 0 aromatic carbocycles. The van der Waals surface area contributed by atoms with Crippen molar-refractivity contribution >= 4 is 0 Å². The molecule has 0 aliphatic heterocycles. The minimum atomic E-state index is -0.0580. The Morgan fingerprint density at radius 1 is 1.24 bits per heavy atom. The van der Waals surface area contributed by atoms with Crippen LogP contribution in [0.3, 0.4) is 0 Å². The van der Waals surface area contributed by atoms with Crippen molar-refractivity contribution < 1.29 is 9.47 Å². The predicted molar refractivity (Wildman–Crippen MR) is 72.2 cm³/mol. The van der Waals surface area contributed by atoms with Gasteiger partial charge in [-0.25, -0.2) is 0 Å². The highest BCUT2D eigenvalue weighted by molar-refractivity contribution is 4.91. The number of hydrogen-bond acceptors (Lipinski definition) is 4. The van der Waals surface area contributed by atoms with E-state index in [2.05, 4.69) is 25.7 Å². The lowest BCUT2D eigenvalue weighted by molar-refractivity contribution is -0.00740. The topological polar surface area (TPSA) is 47.7 Å². The van der Waals surface area contributed by atoms with Crippen LogP contribution in [0.1, 0.15) is 27.2 Å². The van der Waals surface area contributed by atoms with Gasteiger partial charge in [0.2, 0.25) is 0 Å². The fourth-order valence-corrected chi connectivity index (χ4v) is 2.18. The van der Waals surface area contributed by atoms with Gasteiger partial charge >= 0.3 is 0 Å². The number of nitrogens with zero attached hydrogens (tertiary/aromatic N) is 1. The second kappa shape index (κ2) is 8.86. The first-order chi connectivity index (χ1) is 8.06. The standard InChI is InChI=1S/C13H30N2O2/c1-6-13(10-14,11-17-5)15(7-8-16-4)9-12(2)3/h12H,6-11,14H2,1-5H3. The molecule has 0 aromatic heterocycles. The van der Waals surface area contributed by atoms with Crippen molar-refractivity contribution in [2.75, 3.05) is 47.1 Å². The summed E-state index contributed by atoms with van der Waals surface area (Å²) < 4.78 is 10.6. The molecule has 1 atom stereocenters. The molecule has 0 heterocycles. The van der Waals surface area contributed by atoms with Gasteiger partial charge in [0, 0.05) is 33.9 Å². The number of nitrogens with two attached hydrogens (primary N) is 1. The lowest BCUT2D eigenvalue weighted by atomic mass is 9.93. The lowest BCUT2D eigenvalue weighted by Crippen LogP contribution is -2.58. The molecule has 2 N–H and O–H groups in total. The normalized spacial score (nSPS) is 15.5. The highest BCUT2D eigenvalue weighted by Gasteiger charge is 2.33. The molecule has 0 saturated carbocycles. The van der Waals surface area contributed by atoms with E-state index in [-0.39, 0.29) is 5.54 Å². The fourth-order valence-electron chi connectivity index (χ4n) is 2.18. The summed E-state index contributed by atoms with van der Waals surface area (Å²) in [5.41, 5.74) is 5.93. The minimum Gasteiger partial charge on any atom is -0.383 e. The zero-order valence-corrected chi connectivity index (χ0v) is 12.2. The summed E-state index contributed by atoms with van der Waals surface area (Å²) in [6.07, 6.45) is 0.994. The molecule has 0 amide bonds. The number of ether oxygens (including phenoxy) is 2. The number of rotatable bonds is 10. The largest absolute Gasteiger partial charge is 0.383 e. The van der Waals surface area contributed by atoms with E-state index in [9.17, 15) is 0 Å². The van der Waals surface area contributed by atoms with E-state index < -0.39 is 0 Å². The Balaban J connectivity index is 4.77. The molecule has 0 rings (SSSR count). The SMILES string of the molecule is CCC(CN)(COC)N(CCOC)CC(C)C. The molecule has 0 aliphatic carbocycles. The van der Waals surface area contributed by atoms with Crippen molar-refractivity contribution in [3.63, 3.8) is 0 Å². The molecular formula is C13H30N2O2. The summed E-state index contributed by atoms with van der Waals surface area (Å²) in [4.78, 5) is 2.42. The van der Waals surface area contributed by atoms with Gasteiger partial charge in [-0.1, -0.05) is 20.8 Å². The van der Waals surface area contributed by atoms with Crippen LogP contribution in [0.4, 0.5) is 0 Å². The molecule has 0 bridgehead atoms. The van der Waals surface area contributed by atoms with E-state index in [0.29, 0.717) is 19.1 Å². The summed E-state index contributed by atoms with van der Waals surface area (Å²) in [6, 6.07) is 0. The molecule has 4 nitrogen and oxygen atoms in total. The van der Waals surface area contributed by atoms with Gasteiger partial charge in [-0.15, -0.1) is 0 Å². The van der Waals surface area contributed by atoms with Crippen LogP contribution in [-0.4, -0.2) is 57.5 Å². The summed E-state index contributed by atoms with van der Waals surface area (Å²) in [6.45, 7) is 10.6. The number of methoxy groups -OCH3 is 2. The first-order valence-electron chi connectivity index (χ1n) is 6.49. The minimum absolute atomic E-state index is 0.0580. The van der Waals surface area contributed by atoms with E-state index in [1.165, 1.54) is 0 Å². The van der Waals surface area contributed by atoms with Crippen molar-refractivity contribution in [3.05, 3.63) is 0 Å². The summed E-state index contributed by atoms with van der Waals surface area (Å²) in [5.74, 6) is 0.612. The molecule has 1 unspecified atom stereocenters. The van der Waals surface area contributed by atoms with Crippen LogP contribution in [-0.2, 0) is 9.47 Å². The zero-order chi connectivity index (χ0) is 13.3. The van der Waals surface area contributed by atoms with Crippen LogP contribution in [0.5, 0.6) is 0 Å². The first-order valence-corrected chi connectivity index (χ1v) is 6.49. The quantitative estimate of drug-likeness (QED) is 0.632. The van der Waals surface area contributed by atoms with Gasteiger partial charge in [0.15, 0.2) is 0 Å². The third kappa shape index (κ3) is 5.34. The van der Waals surface area contributed by atoms with Crippen molar-refractivity contribution in [1.29, 1.82) is 0 Å². The lowest BCUT2D eigenvalue weighted by Gasteiger charge is -2.43. The highest BCUT2D eigenvalue weighted by Crippen LogP contribution is 2.20. The Bertz CT molecular complexity index is 182.